The van der Waals surface area contributed by atoms with Crippen molar-refractivity contribution in [2.75, 3.05) is 13.1 Å². The third kappa shape index (κ3) is 3.09. The number of aromatic carboxylic acids is 1. The number of sulfonamides is 1. The second-order valence-corrected chi connectivity index (χ2v) is 7.37. The summed E-state index contributed by atoms with van der Waals surface area (Å²) in [6, 6.07) is 4.12. The van der Waals surface area contributed by atoms with E-state index < -0.39 is 22.1 Å². The number of hydrogen-bond acceptors (Lipinski definition) is 4. The van der Waals surface area contributed by atoms with Gasteiger partial charge in [-0.2, -0.15) is 4.31 Å². The fraction of sp³-hybridized carbons (Fsp3) is 0.500. The Hall–Kier alpha value is -1.44. The average molecular weight is 313 g/mol. The second kappa shape index (κ2) is 5.75. The van der Waals surface area contributed by atoms with Gasteiger partial charge >= 0.3 is 5.97 Å². The minimum absolute atomic E-state index is 0.0117. The van der Waals surface area contributed by atoms with E-state index in [0.717, 1.165) is 0 Å². The molecule has 1 saturated heterocycles. The van der Waals surface area contributed by atoms with Crippen molar-refractivity contribution in [3.63, 3.8) is 0 Å². The Kier molecular flexibility index (Phi) is 4.36. The Morgan fingerprint density at radius 3 is 2.62 bits per heavy atom. The zero-order chi connectivity index (χ0) is 15.8. The van der Waals surface area contributed by atoms with E-state index in [2.05, 4.69) is 0 Å². The fourth-order valence-corrected chi connectivity index (χ4v) is 4.05. The highest BCUT2D eigenvalue weighted by molar-refractivity contribution is 7.89. The summed E-state index contributed by atoms with van der Waals surface area (Å²) >= 11 is 0. The van der Waals surface area contributed by atoms with Gasteiger partial charge in [-0.1, -0.05) is 6.07 Å². The van der Waals surface area contributed by atoms with Crippen molar-refractivity contribution < 1.29 is 23.4 Å². The molecule has 6 nitrogen and oxygen atoms in total. The number of aryl methyl sites for hydroxylation is 1. The first-order valence-corrected chi connectivity index (χ1v) is 8.19. The largest absolute Gasteiger partial charge is 0.478 e. The standard InChI is InChI=1S/C14H19NO5S/c1-9-3-4-12(7-13(9)14(17)18)21(19,20)15-6-5-11(8-15)10(2)16/h3-4,7,10-11,16H,5-6,8H2,1-2H3,(H,17,18). The van der Waals surface area contributed by atoms with Crippen LogP contribution in [0.1, 0.15) is 29.3 Å². The van der Waals surface area contributed by atoms with Gasteiger partial charge in [-0.25, -0.2) is 13.2 Å². The average Bonchev–Trinajstić information content (AvgIpc) is 2.89. The van der Waals surface area contributed by atoms with Crippen molar-refractivity contribution in [3.05, 3.63) is 29.3 Å². The lowest BCUT2D eigenvalue weighted by Crippen LogP contribution is -2.30. The third-order valence-corrected chi connectivity index (χ3v) is 5.81. The molecule has 0 saturated carbocycles. The van der Waals surface area contributed by atoms with Gasteiger partial charge < -0.3 is 10.2 Å². The number of carboxylic acid groups (broad SMARTS) is 1. The van der Waals surface area contributed by atoms with Gasteiger partial charge in [0.25, 0.3) is 0 Å². The van der Waals surface area contributed by atoms with Gasteiger partial charge in [0.2, 0.25) is 10.0 Å². The Balaban J connectivity index is 2.33. The first-order chi connectivity index (χ1) is 9.73. The van der Waals surface area contributed by atoms with Crippen LogP contribution >= 0.6 is 0 Å². The maximum atomic E-state index is 12.5. The maximum Gasteiger partial charge on any atom is 0.335 e. The van der Waals surface area contributed by atoms with Gasteiger partial charge in [-0.05, 0) is 43.9 Å². The van der Waals surface area contributed by atoms with Crippen molar-refractivity contribution in [1.82, 2.24) is 4.31 Å². The molecule has 0 aliphatic carbocycles. The van der Waals surface area contributed by atoms with Gasteiger partial charge in [0.15, 0.2) is 0 Å². The number of benzene rings is 1. The monoisotopic (exact) mass is 313 g/mol. The van der Waals surface area contributed by atoms with E-state index >= 15 is 0 Å². The van der Waals surface area contributed by atoms with E-state index in [1.54, 1.807) is 13.8 Å². The van der Waals surface area contributed by atoms with E-state index in [9.17, 15) is 18.3 Å². The molecule has 0 spiro atoms. The van der Waals surface area contributed by atoms with Crippen LogP contribution in [0.4, 0.5) is 0 Å². The number of nitrogens with zero attached hydrogens (tertiary/aromatic N) is 1. The summed E-state index contributed by atoms with van der Waals surface area (Å²) in [5, 5.41) is 18.7. The van der Waals surface area contributed by atoms with E-state index in [0.29, 0.717) is 18.5 Å². The van der Waals surface area contributed by atoms with Crippen LogP contribution in [0.5, 0.6) is 0 Å². The number of carbonyl (C=O) groups is 1. The summed E-state index contributed by atoms with van der Waals surface area (Å²) < 4.78 is 26.4. The molecule has 2 atom stereocenters. The summed E-state index contributed by atoms with van der Waals surface area (Å²) in [5.74, 6) is -1.23. The molecule has 21 heavy (non-hydrogen) atoms. The molecule has 2 rings (SSSR count). The third-order valence-electron chi connectivity index (χ3n) is 3.95. The number of carboxylic acids is 1. The van der Waals surface area contributed by atoms with E-state index in [-0.39, 0.29) is 22.9 Å². The summed E-state index contributed by atoms with van der Waals surface area (Å²) in [5.41, 5.74) is 0.507. The van der Waals surface area contributed by atoms with Gasteiger partial charge in [-0.15, -0.1) is 0 Å². The van der Waals surface area contributed by atoms with E-state index in [1.807, 2.05) is 0 Å². The first-order valence-electron chi connectivity index (χ1n) is 6.75. The SMILES string of the molecule is Cc1ccc(S(=O)(=O)N2CCC(C(C)O)C2)cc1C(=O)O. The van der Waals surface area contributed by atoms with Crippen LogP contribution in [0.2, 0.25) is 0 Å². The normalized spacial score (nSPS) is 21.4. The predicted octanol–water partition coefficient (Wildman–Crippen LogP) is 1.08. The van der Waals surface area contributed by atoms with E-state index in [4.69, 9.17) is 5.11 Å². The van der Waals surface area contributed by atoms with Gasteiger partial charge in [0, 0.05) is 13.1 Å². The number of hydrogen-bond donors (Lipinski definition) is 2. The van der Waals surface area contributed by atoms with Crippen LogP contribution in [0, 0.1) is 12.8 Å². The molecule has 1 fully saturated rings. The highest BCUT2D eigenvalue weighted by atomic mass is 32.2. The Morgan fingerprint density at radius 2 is 2.10 bits per heavy atom. The summed E-state index contributed by atoms with van der Waals surface area (Å²) in [6.07, 6.45) is 0.0481. The highest BCUT2D eigenvalue weighted by Gasteiger charge is 2.34. The Morgan fingerprint density at radius 1 is 1.43 bits per heavy atom. The molecule has 2 N–H and O–H groups in total. The van der Waals surface area contributed by atoms with E-state index in [1.165, 1.54) is 22.5 Å². The molecular weight excluding hydrogens is 294 g/mol. The molecule has 0 amide bonds. The topological polar surface area (TPSA) is 94.9 Å². The Bertz CT molecular complexity index is 653. The van der Waals surface area contributed by atoms with Crippen LogP contribution in [0.3, 0.4) is 0 Å². The molecule has 2 unspecified atom stereocenters. The molecule has 116 valence electrons. The first kappa shape index (κ1) is 15.9. The zero-order valence-corrected chi connectivity index (χ0v) is 12.8. The molecule has 0 radical (unpaired) electrons. The quantitative estimate of drug-likeness (QED) is 0.867. The smallest absolute Gasteiger partial charge is 0.335 e. The van der Waals surface area contributed by atoms with Gasteiger partial charge in [-0.3, -0.25) is 0 Å². The van der Waals surface area contributed by atoms with Crippen LogP contribution in [0.15, 0.2) is 23.1 Å². The Labute approximate surface area is 124 Å². The second-order valence-electron chi connectivity index (χ2n) is 5.43. The molecule has 1 aromatic rings. The van der Waals surface area contributed by atoms with Crippen LogP contribution in [-0.2, 0) is 10.0 Å². The minimum Gasteiger partial charge on any atom is -0.478 e. The number of aliphatic hydroxyl groups excluding tert-OH is 1. The minimum atomic E-state index is -3.72. The van der Waals surface area contributed by atoms with Crippen LogP contribution in [0.25, 0.3) is 0 Å². The van der Waals surface area contributed by atoms with Crippen molar-refractivity contribution in [1.29, 1.82) is 0 Å². The molecular formula is C14H19NO5S. The summed E-state index contributed by atoms with van der Waals surface area (Å²) in [6.45, 7) is 3.87. The lowest BCUT2D eigenvalue weighted by molar-refractivity contribution is 0.0696. The van der Waals surface area contributed by atoms with Gasteiger partial charge in [0.1, 0.15) is 0 Å². The maximum absolute atomic E-state index is 12.5. The molecule has 1 aliphatic rings. The molecule has 0 aromatic heterocycles. The van der Waals surface area contributed by atoms with Crippen LogP contribution in [-0.4, -0.2) is 48.1 Å². The predicted molar refractivity (Wildman–Crippen MR) is 76.7 cm³/mol. The molecule has 1 heterocycles. The van der Waals surface area contributed by atoms with Crippen molar-refractivity contribution in [2.24, 2.45) is 5.92 Å². The van der Waals surface area contributed by atoms with Crippen molar-refractivity contribution >= 4 is 16.0 Å². The fourth-order valence-electron chi connectivity index (χ4n) is 2.51. The van der Waals surface area contributed by atoms with Crippen LogP contribution < -0.4 is 0 Å². The number of rotatable bonds is 4. The van der Waals surface area contributed by atoms with Crippen molar-refractivity contribution in [2.45, 2.75) is 31.3 Å². The molecule has 0 bridgehead atoms. The summed E-state index contributed by atoms with van der Waals surface area (Å²) in [7, 11) is -3.72. The summed E-state index contributed by atoms with van der Waals surface area (Å²) in [4.78, 5) is 11.1. The van der Waals surface area contributed by atoms with Crippen molar-refractivity contribution in [3.8, 4) is 0 Å². The zero-order valence-electron chi connectivity index (χ0n) is 12.0. The van der Waals surface area contributed by atoms with Gasteiger partial charge in [0.05, 0.1) is 16.6 Å². The number of aliphatic hydroxyl groups is 1. The molecule has 7 heteroatoms. The molecule has 1 aliphatic heterocycles. The highest BCUT2D eigenvalue weighted by Crippen LogP contribution is 2.27. The lowest BCUT2D eigenvalue weighted by Gasteiger charge is -2.18. The molecule has 1 aromatic carbocycles. The lowest BCUT2D eigenvalue weighted by atomic mass is 10.0.